The van der Waals surface area contributed by atoms with Crippen LogP contribution in [0.25, 0.3) is 0 Å². The monoisotopic (exact) mass is 300 g/mol. The fourth-order valence-electron chi connectivity index (χ4n) is 2.27. The van der Waals surface area contributed by atoms with E-state index in [9.17, 15) is 9.90 Å². The number of aliphatic hydroxyl groups is 1. The molecule has 0 aliphatic rings. The summed E-state index contributed by atoms with van der Waals surface area (Å²) in [4.78, 5) is 15.6. The molecule has 0 spiro atoms. The Balaban J connectivity index is 2.16. The molecular formula is C17H20N2O3. The van der Waals surface area contributed by atoms with Crippen molar-refractivity contribution in [2.24, 2.45) is 0 Å². The lowest BCUT2D eigenvalue weighted by atomic mass is 9.89. The highest BCUT2D eigenvalue weighted by molar-refractivity contribution is 5.89. The van der Waals surface area contributed by atoms with Crippen LogP contribution in [0.4, 0.5) is 5.82 Å². The van der Waals surface area contributed by atoms with Gasteiger partial charge in [0.05, 0.1) is 18.3 Å². The smallest absolute Gasteiger partial charge is 0.339 e. The van der Waals surface area contributed by atoms with Crippen molar-refractivity contribution < 1.29 is 14.6 Å². The molecule has 0 radical (unpaired) electrons. The summed E-state index contributed by atoms with van der Waals surface area (Å²) in [6.45, 7) is 1.76. The molecule has 1 unspecified atom stereocenters. The Hall–Kier alpha value is -2.40. The average Bonchev–Trinajstić information content (AvgIpc) is 2.54. The minimum absolute atomic E-state index is 0.353. The number of pyridine rings is 1. The standard InChI is InChI=1S/C17H20N2O3/c1-17(21,14-6-4-3-5-7-14)9-8-12-10-13(16(20)22-2)11-19-15(12)18/h3-7,10-11,21H,8-9H2,1-2H3,(H2,18,19). The van der Waals surface area contributed by atoms with Crippen LogP contribution in [0.2, 0.25) is 0 Å². The Morgan fingerprint density at radius 2 is 2.05 bits per heavy atom. The van der Waals surface area contributed by atoms with Crippen molar-refractivity contribution in [3.8, 4) is 0 Å². The van der Waals surface area contributed by atoms with Gasteiger partial charge < -0.3 is 15.6 Å². The zero-order valence-corrected chi connectivity index (χ0v) is 12.7. The summed E-state index contributed by atoms with van der Waals surface area (Å²) in [6, 6.07) is 11.1. The topological polar surface area (TPSA) is 85.4 Å². The quantitative estimate of drug-likeness (QED) is 0.827. The third-order valence-corrected chi connectivity index (χ3v) is 3.70. The first kappa shape index (κ1) is 16.0. The van der Waals surface area contributed by atoms with Gasteiger partial charge in [0, 0.05) is 6.20 Å². The fourth-order valence-corrected chi connectivity index (χ4v) is 2.27. The molecule has 3 N–H and O–H groups in total. The number of nitrogens with two attached hydrogens (primary N) is 1. The fraction of sp³-hybridized carbons (Fsp3) is 0.294. The molecule has 0 amide bonds. The number of benzene rings is 1. The molecule has 0 saturated carbocycles. The van der Waals surface area contributed by atoms with Crippen LogP contribution in [-0.4, -0.2) is 23.2 Å². The predicted octanol–water partition coefficient (Wildman–Crippen LogP) is 2.29. The van der Waals surface area contributed by atoms with E-state index >= 15 is 0 Å². The van der Waals surface area contributed by atoms with Crippen LogP contribution in [0.15, 0.2) is 42.6 Å². The minimum Gasteiger partial charge on any atom is -0.465 e. The van der Waals surface area contributed by atoms with Crippen molar-refractivity contribution >= 4 is 11.8 Å². The molecule has 1 atom stereocenters. The third-order valence-electron chi connectivity index (χ3n) is 3.70. The van der Waals surface area contributed by atoms with Gasteiger partial charge in [-0.1, -0.05) is 30.3 Å². The molecule has 2 rings (SSSR count). The van der Waals surface area contributed by atoms with Crippen LogP contribution in [0, 0.1) is 0 Å². The van der Waals surface area contributed by atoms with E-state index in [0.29, 0.717) is 24.2 Å². The molecule has 1 heterocycles. The second-order valence-electron chi connectivity index (χ2n) is 5.40. The molecule has 116 valence electrons. The zero-order chi connectivity index (χ0) is 16.2. The van der Waals surface area contributed by atoms with E-state index in [-0.39, 0.29) is 0 Å². The van der Waals surface area contributed by atoms with Crippen LogP contribution in [0.3, 0.4) is 0 Å². The summed E-state index contributed by atoms with van der Waals surface area (Å²) in [7, 11) is 1.32. The van der Waals surface area contributed by atoms with E-state index < -0.39 is 11.6 Å². The predicted molar refractivity (Wildman–Crippen MR) is 84.3 cm³/mol. The van der Waals surface area contributed by atoms with Crippen molar-refractivity contribution in [2.75, 3.05) is 12.8 Å². The maximum atomic E-state index is 11.5. The number of aromatic nitrogens is 1. The molecule has 5 nitrogen and oxygen atoms in total. The molecule has 0 aliphatic carbocycles. The zero-order valence-electron chi connectivity index (χ0n) is 12.7. The number of anilines is 1. The number of hydrogen-bond donors (Lipinski definition) is 2. The van der Waals surface area contributed by atoms with Crippen LogP contribution >= 0.6 is 0 Å². The van der Waals surface area contributed by atoms with Gasteiger partial charge in [-0.15, -0.1) is 0 Å². The highest BCUT2D eigenvalue weighted by Gasteiger charge is 2.23. The van der Waals surface area contributed by atoms with Gasteiger partial charge in [0.1, 0.15) is 5.82 Å². The molecule has 0 bridgehead atoms. The molecule has 2 aromatic rings. The molecule has 0 aliphatic heterocycles. The molecule has 0 saturated heterocycles. The maximum Gasteiger partial charge on any atom is 0.339 e. The van der Waals surface area contributed by atoms with Crippen molar-refractivity contribution in [2.45, 2.75) is 25.4 Å². The van der Waals surface area contributed by atoms with Crippen LogP contribution in [0.1, 0.15) is 34.8 Å². The number of rotatable bonds is 5. The number of carbonyl (C=O) groups is 1. The van der Waals surface area contributed by atoms with Crippen molar-refractivity contribution in [1.82, 2.24) is 4.98 Å². The molecule has 0 fully saturated rings. The van der Waals surface area contributed by atoms with Gasteiger partial charge in [-0.05, 0) is 37.0 Å². The summed E-state index contributed by atoms with van der Waals surface area (Å²) in [5, 5.41) is 10.6. The number of carbonyl (C=O) groups excluding carboxylic acids is 1. The SMILES string of the molecule is COC(=O)c1cnc(N)c(CCC(C)(O)c2ccccc2)c1. The largest absolute Gasteiger partial charge is 0.465 e. The van der Waals surface area contributed by atoms with Gasteiger partial charge in [-0.2, -0.15) is 0 Å². The van der Waals surface area contributed by atoms with E-state index in [0.717, 1.165) is 11.1 Å². The summed E-state index contributed by atoms with van der Waals surface area (Å²) >= 11 is 0. The number of nitrogens with zero attached hydrogens (tertiary/aromatic N) is 1. The second-order valence-corrected chi connectivity index (χ2v) is 5.40. The summed E-state index contributed by atoms with van der Waals surface area (Å²) in [5.41, 5.74) is 6.79. The minimum atomic E-state index is -0.977. The Labute approximate surface area is 129 Å². The van der Waals surface area contributed by atoms with Crippen LogP contribution < -0.4 is 5.73 Å². The van der Waals surface area contributed by atoms with Crippen molar-refractivity contribution in [1.29, 1.82) is 0 Å². The number of aryl methyl sites for hydroxylation is 1. The second kappa shape index (κ2) is 6.58. The lowest BCUT2D eigenvalue weighted by Gasteiger charge is -2.24. The first-order chi connectivity index (χ1) is 10.4. The first-order valence-electron chi connectivity index (χ1n) is 7.04. The van der Waals surface area contributed by atoms with Crippen LogP contribution in [-0.2, 0) is 16.8 Å². The highest BCUT2D eigenvalue weighted by atomic mass is 16.5. The van der Waals surface area contributed by atoms with E-state index in [2.05, 4.69) is 9.72 Å². The Kier molecular flexibility index (Phi) is 4.78. The summed E-state index contributed by atoms with van der Waals surface area (Å²) < 4.78 is 4.68. The molecule has 5 heteroatoms. The van der Waals surface area contributed by atoms with Gasteiger partial charge in [0.15, 0.2) is 0 Å². The normalized spacial score (nSPS) is 13.4. The Bertz CT molecular complexity index is 654. The van der Waals surface area contributed by atoms with Gasteiger partial charge in [-0.3, -0.25) is 0 Å². The lowest BCUT2D eigenvalue weighted by Crippen LogP contribution is -2.22. The van der Waals surface area contributed by atoms with Gasteiger partial charge in [0.2, 0.25) is 0 Å². The molecular weight excluding hydrogens is 280 g/mol. The van der Waals surface area contributed by atoms with E-state index in [1.165, 1.54) is 13.3 Å². The number of hydrogen-bond acceptors (Lipinski definition) is 5. The third kappa shape index (κ3) is 3.62. The van der Waals surface area contributed by atoms with Crippen molar-refractivity contribution in [3.05, 3.63) is 59.3 Å². The number of ether oxygens (including phenoxy) is 1. The number of nitrogen functional groups attached to an aromatic ring is 1. The maximum absolute atomic E-state index is 11.5. The highest BCUT2D eigenvalue weighted by Crippen LogP contribution is 2.27. The lowest BCUT2D eigenvalue weighted by molar-refractivity contribution is 0.0481. The molecule has 1 aromatic heterocycles. The summed E-state index contributed by atoms with van der Waals surface area (Å²) in [6.07, 6.45) is 2.36. The number of methoxy groups -OCH3 is 1. The average molecular weight is 300 g/mol. The number of esters is 1. The summed E-state index contributed by atoms with van der Waals surface area (Å²) in [5.74, 6) is -0.0971. The Morgan fingerprint density at radius 3 is 2.68 bits per heavy atom. The van der Waals surface area contributed by atoms with E-state index in [1.54, 1.807) is 13.0 Å². The Morgan fingerprint density at radius 1 is 1.36 bits per heavy atom. The molecule has 1 aromatic carbocycles. The van der Waals surface area contributed by atoms with Gasteiger partial charge in [0.25, 0.3) is 0 Å². The van der Waals surface area contributed by atoms with Crippen LogP contribution in [0.5, 0.6) is 0 Å². The van der Waals surface area contributed by atoms with Crippen molar-refractivity contribution in [3.63, 3.8) is 0 Å². The first-order valence-corrected chi connectivity index (χ1v) is 7.04. The van der Waals surface area contributed by atoms with Gasteiger partial charge in [-0.25, -0.2) is 9.78 Å². The van der Waals surface area contributed by atoms with E-state index in [1.807, 2.05) is 30.3 Å². The van der Waals surface area contributed by atoms with E-state index in [4.69, 9.17) is 5.73 Å². The van der Waals surface area contributed by atoms with Gasteiger partial charge >= 0.3 is 5.97 Å². The molecule has 22 heavy (non-hydrogen) atoms.